The Bertz CT molecular complexity index is 688. The summed E-state index contributed by atoms with van der Waals surface area (Å²) in [5.41, 5.74) is 1.39. The molecule has 0 aliphatic carbocycles. The Morgan fingerprint density at radius 3 is 2.55 bits per heavy atom. The van der Waals surface area contributed by atoms with Crippen LogP contribution < -0.4 is 15.4 Å². The first-order valence-electron chi connectivity index (χ1n) is 11.2. The Labute approximate surface area is 205 Å². The molecule has 2 fully saturated rings. The summed E-state index contributed by atoms with van der Waals surface area (Å²) in [5.74, 6) is 1.77. The van der Waals surface area contributed by atoms with E-state index in [4.69, 9.17) is 9.47 Å². The van der Waals surface area contributed by atoms with Crippen LogP contribution in [0.2, 0.25) is 0 Å². The van der Waals surface area contributed by atoms with Gasteiger partial charge in [-0.2, -0.15) is 0 Å². The van der Waals surface area contributed by atoms with Crippen LogP contribution in [0.3, 0.4) is 0 Å². The van der Waals surface area contributed by atoms with Crippen molar-refractivity contribution in [3.63, 3.8) is 0 Å². The fraction of sp³-hybridized carbons (Fsp3) is 0.696. The van der Waals surface area contributed by atoms with Crippen molar-refractivity contribution in [1.82, 2.24) is 20.4 Å². The Balaban J connectivity index is 0.00000341. The number of aliphatic imine (C=N–C) groups is 1. The summed E-state index contributed by atoms with van der Waals surface area (Å²) < 4.78 is 11.1. The minimum Gasteiger partial charge on any atom is -0.497 e. The summed E-state index contributed by atoms with van der Waals surface area (Å²) in [6, 6.07) is 8.74. The number of hydrogen-bond acceptors (Lipinski definition) is 5. The number of hydrogen-bond donors (Lipinski definition) is 2. The molecule has 31 heavy (non-hydrogen) atoms. The number of guanidine groups is 1. The van der Waals surface area contributed by atoms with E-state index in [2.05, 4.69) is 57.7 Å². The third kappa shape index (κ3) is 6.94. The summed E-state index contributed by atoms with van der Waals surface area (Å²) in [5, 5.41) is 7.16. The Kier molecular flexibility index (Phi) is 10.8. The maximum atomic E-state index is 5.60. The van der Waals surface area contributed by atoms with Gasteiger partial charge in [0, 0.05) is 38.9 Å². The van der Waals surface area contributed by atoms with Gasteiger partial charge in [0.25, 0.3) is 0 Å². The van der Waals surface area contributed by atoms with E-state index in [0.29, 0.717) is 6.04 Å². The molecule has 3 rings (SSSR count). The summed E-state index contributed by atoms with van der Waals surface area (Å²) in [6.07, 6.45) is 4.59. The summed E-state index contributed by atoms with van der Waals surface area (Å²) >= 11 is 0. The Morgan fingerprint density at radius 2 is 1.94 bits per heavy atom. The van der Waals surface area contributed by atoms with E-state index in [1.807, 2.05) is 13.1 Å². The predicted octanol–water partition coefficient (Wildman–Crippen LogP) is 2.73. The highest BCUT2D eigenvalue weighted by Crippen LogP contribution is 2.27. The Morgan fingerprint density at radius 1 is 1.23 bits per heavy atom. The number of halogens is 1. The van der Waals surface area contributed by atoms with Crippen molar-refractivity contribution in [1.29, 1.82) is 0 Å². The van der Waals surface area contributed by atoms with Crippen molar-refractivity contribution in [3.05, 3.63) is 29.8 Å². The molecule has 1 atom stereocenters. The van der Waals surface area contributed by atoms with Gasteiger partial charge in [0.1, 0.15) is 5.75 Å². The molecule has 2 saturated heterocycles. The first-order valence-corrected chi connectivity index (χ1v) is 11.2. The van der Waals surface area contributed by atoms with Gasteiger partial charge in [0.15, 0.2) is 5.96 Å². The van der Waals surface area contributed by atoms with Crippen LogP contribution in [0.25, 0.3) is 0 Å². The van der Waals surface area contributed by atoms with E-state index < -0.39 is 0 Å². The molecule has 0 aromatic heterocycles. The second kappa shape index (κ2) is 12.8. The van der Waals surface area contributed by atoms with Crippen LogP contribution in [0.4, 0.5) is 0 Å². The van der Waals surface area contributed by atoms with Gasteiger partial charge in [-0.3, -0.25) is 9.89 Å². The topological polar surface area (TPSA) is 61.4 Å². The maximum absolute atomic E-state index is 5.60. The highest BCUT2D eigenvalue weighted by atomic mass is 127. The van der Waals surface area contributed by atoms with Crippen molar-refractivity contribution >= 4 is 29.9 Å². The number of benzene rings is 1. The van der Waals surface area contributed by atoms with Crippen molar-refractivity contribution in [3.8, 4) is 5.75 Å². The van der Waals surface area contributed by atoms with E-state index >= 15 is 0 Å². The van der Waals surface area contributed by atoms with Gasteiger partial charge in [-0.05, 0) is 70.6 Å². The predicted molar refractivity (Wildman–Crippen MR) is 138 cm³/mol. The van der Waals surface area contributed by atoms with Crippen LogP contribution in [0.15, 0.2) is 29.3 Å². The number of rotatable bonds is 8. The number of nitrogens with one attached hydrogen (secondary N) is 2. The first kappa shape index (κ1) is 26.2. The standard InChI is InChI=1S/C23H39N5O2.HI/c1-24-22(26-18-23(27(2)3)10-14-30-15-11-23)25-17-21(28-12-5-6-13-28)19-8-7-9-20(16-19)29-4;/h7-9,16,21H,5-6,10-15,17-18H2,1-4H3,(H2,24,25,26);1H. The van der Waals surface area contributed by atoms with Gasteiger partial charge in [0.2, 0.25) is 0 Å². The molecule has 2 heterocycles. The van der Waals surface area contributed by atoms with Crippen molar-refractivity contribution < 1.29 is 9.47 Å². The van der Waals surface area contributed by atoms with Crippen molar-refractivity contribution in [2.75, 3.05) is 67.6 Å². The smallest absolute Gasteiger partial charge is 0.191 e. The lowest BCUT2D eigenvalue weighted by atomic mass is 9.88. The van der Waals surface area contributed by atoms with Gasteiger partial charge in [-0.1, -0.05) is 12.1 Å². The van der Waals surface area contributed by atoms with E-state index in [1.54, 1.807) is 7.11 Å². The van der Waals surface area contributed by atoms with E-state index in [9.17, 15) is 0 Å². The zero-order valence-corrected chi connectivity index (χ0v) is 21.9. The van der Waals surface area contributed by atoms with Crippen LogP contribution >= 0.6 is 24.0 Å². The summed E-state index contributed by atoms with van der Waals surface area (Å²) in [6.45, 7) is 5.58. The average Bonchev–Trinajstić information content (AvgIpc) is 3.31. The third-order valence-corrected chi connectivity index (χ3v) is 6.70. The van der Waals surface area contributed by atoms with E-state index in [-0.39, 0.29) is 29.5 Å². The second-order valence-corrected chi connectivity index (χ2v) is 8.57. The molecule has 176 valence electrons. The molecule has 2 aliphatic heterocycles. The molecule has 0 bridgehead atoms. The lowest BCUT2D eigenvalue weighted by molar-refractivity contribution is -0.00502. The van der Waals surface area contributed by atoms with E-state index in [0.717, 1.165) is 63.9 Å². The fourth-order valence-corrected chi connectivity index (χ4v) is 4.56. The molecule has 7 nitrogen and oxygen atoms in total. The first-order chi connectivity index (χ1) is 14.6. The molecular formula is C23H40IN5O2. The molecular weight excluding hydrogens is 505 g/mol. The lowest BCUT2D eigenvalue weighted by Gasteiger charge is -2.43. The molecule has 0 amide bonds. The van der Waals surface area contributed by atoms with Crippen LogP contribution in [0, 0.1) is 0 Å². The van der Waals surface area contributed by atoms with Crippen molar-refractivity contribution in [2.45, 2.75) is 37.3 Å². The monoisotopic (exact) mass is 545 g/mol. The number of likely N-dealkylation sites (N-methyl/N-ethyl adjacent to an activating group) is 1. The SMILES string of the molecule is CN=C(NCC(c1cccc(OC)c1)N1CCCC1)NCC1(N(C)C)CCOCC1.I. The van der Waals surface area contributed by atoms with Crippen LogP contribution in [0.1, 0.15) is 37.3 Å². The fourth-order valence-electron chi connectivity index (χ4n) is 4.56. The highest BCUT2D eigenvalue weighted by Gasteiger charge is 2.35. The minimum atomic E-state index is 0. The zero-order valence-electron chi connectivity index (χ0n) is 19.5. The number of nitrogens with zero attached hydrogens (tertiary/aromatic N) is 3. The van der Waals surface area contributed by atoms with E-state index in [1.165, 1.54) is 18.4 Å². The summed E-state index contributed by atoms with van der Waals surface area (Å²) in [4.78, 5) is 9.39. The molecule has 8 heteroatoms. The number of methoxy groups -OCH3 is 1. The molecule has 2 aliphatic rings. The molecule has 2 N–H and O–H groups in total. The van der Waals surface area contributed by atoms with Gasteiger partial charge in [0.05, 0.1) is 13.2 Å². The molecule has 1 aromatic carbocycles. The normalized spacial score (nSPS) is 20.2. The van der Waals surface area contributed by atoms with Gasteiger partial charge < -0.3 is 25.0 Å². The van der Waals surface area contributed by atoms with Crippen molar-refractivity contribution in [2.24, 2.45) is 4.99 Å². The largest absolute Gasteiger partial charge is 0.497 e. The Hall–Kier alpha value is -1.10. The zero-order chi connectivity index (χ0) is 21.4. The minimum absolute atomic E-state index is 0. The van der Waals surface area contributed by atoms with Gasteiger partial charge in [-0.25, -0.2) is 0 Å². The van der Waals surface area contributed by atoms with Gasteiger partial charge in [-0.15, -0.1) is 24.0 Å². The third-order valence-electron chi connectivity index (χ3n) is 6.70. The molecule has 0 saturated carbocycles. The van der Waals surface area contributed by atoms with Crippen LogP contribution in [-0.4, -0.2) is 88.9 Å². The summed E-state index contributed by atoms with van der Waals surface area (Å²) in [7, 11) is 7.90. The highest BCUT2D eigenvalue weighted by molar-refractivity contribution is 14.0. The van der Waals surface area contributed by atoms with Crippen LogP contribution in [0.5, 0.6) is 5.75 Å². The number of ether oxygens (including phenoxy) is 2. The molecule has 0 radical (unpaired) electrons. The number of likely N-dealkylation sites (tertiary alicyclic amines) is 1. The molecule has 0 spiro atoms. The average molecular weight is 546 g/mol. The molecule has 1 unspecified atom stereocenters. The van der Waals surface area contributed by atoms with Gasteiger partial charge >= 0.3 is 0 Å². The maximum Gasteiger partial charge on any atom is 0.191 e. The lowest BCUT2D eigenvalue weighted by Crippen LogP contribution is -2.57. The molecule has 1 aromatic rings. The van der Waals surface area contributed by atoms with Crippen LogP contribution in [-0.2, 0) is 4.74 Å². The second-order valence-electron chi connectivity index (χ2n) is 8.57. The quantitative estimate of drug-likeness (QED) is 0.298.